The normalized spacial score (nSPS) is 12.7. The highest BCUT2D eigenvalue weighted by atomic mass is 35.5. The number of nitrogens with zero attached hydrogens (tertiary/aromatic N) is 2. The number of carbonyl (C=O) groups is 6. The van der Waals surface area contributed by atoms with Gasteiger partial charge in [0.15, 0.2) is 23.8 Å². The molecule has 4 atom stereocenters. The van der Waals surface area contributed by atoms with Crippen LogP contribution in [0.1, 0.15) is 86.7 Å². The number of nitrogens with one attached hydrogen (secondary N) is 4. The standard InChI is InChI=1S/C25H25ClFN3O5.C23H21ClFN3O5/c1-3-35-25(34)23(32)12-18(28-24(33)22-13-21(14(2)31)29-30-22)10-15-4-6-16(7-5-15)19-11-17(26)8-9-20(19)27;1-12(29)19-11-20(28-27-19)22(31)26-16(10-21(30)23(32)33)8-13-2-4-14(5-3-13)17-9-15(24)6-7-18(17)25/h4-9,11,13,18,23,32H,3,10,12H2,1-2H3,(H,28,33)(H,29,30);2-7,9,11,16,21,30H,8,10H2,1H3,(H,26,31)(H,27,28)(H,32,33)/t18-,23-;16-,21-/m11/s1. The third-order valence-electron chi connectivity index (χ3n) is 10.2. The molecular formula is C48H46Cl2F2N6O10. The van der Waals surface area contributed by atoms with Crippen LogP contribution in [-0.4, -0.2) is 102 Å². The zero-order valence-electron chi connectivity index (χ0n) is 36.7. The van der Waals surface area contributed by atoms with Crippen LogP contribution in [0.25, 0.3) is 22.3 Å². The minimum atomic E-state index is -1.69. The number of aliphatic hydroxyl groups is 2. The van der Waals surface area contributed by atoms with Gasteiger partial charge in [0.25, 0.3) is 11.8 Å². The van der Waals surface area contributed by atoms with Gasteiger partial charge in [-0.05, 0) is 90.6 Å². The highest BCUT2D eigenvalue weighted by Gasteiger charge is 2.26. The Morgan fingerprint density at radius 1 is 0.632 bits per heavy atom. The van der Waals surface area contributed by atoms with Crippen LogP contribution in [-0.2, 0) is 27.2 Å². The Kier molecular flexibility index (Phi) is 18.4. The number of ether oxygens (including phenoxy) is 1. The zero-order valence-corrected chi connectivity index (χ0v) is 38.2. The van der Waals surface area contributed by atoms with Crippen molar-refractivity contribution >= 4 is 58.5 Å². The number of hydrogen-bond donors (Lipinski definition) is 7. The Bertz CT molecular complexity index is 2770. The number of carboxylic acids is 1. The molecule has 2 heterocycles. The van der Waals surface area contributed by atoms with Crippen LogP contribution in [0.15, 0.2) is 97.1 Å². The van der Waals surface area contributed by atoms with Crippen LogP contribution >= 0.6 is 23.2 Å². The molecule has 0 fully saturated rings. The lowest BCUT2D eigenvalue weighted by Gasteiger charge is -2.21. The minimum absolute atomic E-state index is 0.0294. The minimum Gasteiger partial charge on any atom is -0.479 e. The predicted molar refractivity (Wildman–Crippen MR) is 246 cm³/mol. The Morgan fingerprint density at radius 3 is 1.38 bits per heavy atom. The smallest absolute Gasteiger partial charge is 0.335 e. The molecule has 0 aliphatic carbocycles. The van der Waals surface area contributed by atoms with Crippen LogP contribution in [0, 0.1) is 11.6 Å². The molecule has 0 aliphatic rings. The van der Waals surface area contributed by atoms with Crippen LogP contribution in [0.4, 0.5) is 8.78 Å². The average Bonchev–Trinajstić information content (AvgIpc) is 4.01. The van der Waals surface area contributed by atoms with E-state index in [1.165, 1.54) is 62.4 Å². The first-order chi connectivity index (χ1) is 32.3. The summed E-state index contributed by atoms with van der Waals surface area (Å²) in [6.45, 7) is 4.37. The van der Waals surface area contributed by atoms with Gasteiger partial charge in [0.05, 0.1) is 6.61 Å². The van der Waals surface area contributed by atoms with E-state index < -0.39 is 59.7 Å². The summed E-state index contributed by atoms with van der Waals surface area (Å²) in [4.78, 5) is 71.2. The number of aromatic nitrogens is 4. The summed E-state index contributed by atoms with van der Waals surface area (Å²) in [7, 11) is 0. The summed E-state index contributed by atoms with van der Waals surface area (Å²) in [5.74, 6) is -4.81. The number of amides is 2. The largest absolute Gasteiger partial charge is 0.479 e. The monoisotopic (exact) mass is 974 g/mol. The fraction of sp³-hybridized carbons (Fsp3) is 0.250. The topological polar surface area (TPSA) is 254 Å². The van der Waals surface area contributed by atoms with Crippen molar-refractivity contribution in [1.29, 1.82) is 0 Å². The van der Waals surface area contributed by atoms with E-state index in [4.69, 9.17) is 33.0 Å². The molecule has 0 radical (unpaired) electrons. The molecule has 0 unspecified atom stereocenters. The predicted octanol–water partition coefficient (Wildman–Crippen LogP) is 6.98. The van der Waals surface area contributed by atoms with Crippen molar-refractivity contribution in [2.75, 3.05) is 6.61 Å². The van der Waals surface area contributed by atoms with Crippen LogP contribution < -0.4 is 10.6 Å². The van der Waals surface area contributed by atoms with Crippen LogP contribution in [0.5, 0.6) is 0 Å². The molecule has 0 spiro atoms. The van der Waals surface area contributed by atoms with Crippen LogP contribution in [0.3, 0.4) is 0 Å². The number of carboxylic acid groups (broad SMARTS) is 1. The first-order valence-corrected chi connectivity index (χ1v) is 21.7. The number of halogens is 4. The number of benzene rings is 4. The van der Waals surface area contributed by atoms with Crippen molar-refractivity contribution in [3.63, 3.8) is 0 Å². The van der Waals surface area contributed by atoms with E-state index in [2.05, 4.69) is 31.0 Å². The summed E-state index contributed by atoms with van der Waals surface area (Å²) < 4.78 is 33.2. The molecule has 68 heavy (non-hydrogen) atoms. The number of Topliss-reactive ketones (excluding diaryl/α,β-unsaturated/α-hetero) is 2. The number of aromatic amines is 2. The number of carbonyl (C=O) groups excluding carboxylic acids is 5. The van der Waals surface area contributed by atoms with E-state index in [9.17, 15) is 47.8 Å². The lowest BCUT2D eigenvalue weighted by Crippen LogP contribution is -2.41. The van der Waals surface area contributed by atoms with E-state index in [-0.39, 0.29) is 66.6 Å². The molecule has 356 valence electrons. The summed E-state index contributed by atoms with van der Waals surface area (Å²) in [6, 6.07) is 23.5. The summed E-state index contributed by atoms with van der Waals surface area (Å²) in [5, 5.41) is 47.9. The van der Waals surface area contributed by atoms with E-state index in [1.54, 1.807) is 55.5 Å². The van der Waals surface area contributed by atoms with Crippen molar-refractivity contribution in [2.45, 2.75) is 70.7 Å². The lowest BCUT2D eigenvalue weighted by molar-refractivity contribution is -0.153. The average molecular weight is 976 g/mol. The number of aliphatic hydroxyl groups excluding tert-OH is 2. The van der Waals surface area contributed by atoms with Crippen molar-refractivity contribution in [3.05, 3.63) is 153 Å². The Hall–Kier alpha value is -7.12. The van der Waals surface area contributed by atoms with Crippen molar-refractivity contribution in [3.8, 4) is 22.3 Å². The Labute approximate surface area is 398 Å². The molecule has 0 saturated heterocycles. The second-order valence-electron chi connectivity index (χ2n) is 15.4. The first-order valence-electron chi connectivity index (χ1n) is 20.9. The van der Waals surface area contributed by atoms with Crippen LogP contribution in [0.2, 0.25) is 10.0 Å². The first kappa shape index (κ1) is 51.9. The number of H-pyrrole nitrogens is 2. The van der Waals surface area contributed by atoms with Gasteiger partial charge in [-0.15, -0.1) is 0 Å². The van der Waals surface area contributed by atoms with Gasteiger partial charge in [-0.2, -0.15) is 10.2 Å². The molecular weight excluding hydrogens is 929 g/mol. The van der Waals surface area contributed by atoms with Crippen molar-refractivity contribution in [2.24, 2.45) is 0 Å². The van der Waals surface area contributed by atoms with Gasteiger partial charge in [0.2, 0.25) is 0 Å². The number of rotatable bonds is 19. The SMILES string of the molecule is CC(=O)c1cc(C(=O)N[C@H](Cc2ccc(-c3cc(Cl)ccc3F)cc2)C[C@@H](O)C(=O)O)[nH]n1.CCOC(=O)[C@H](O)C[C@@H](Cc1ccc(-c2cc(Cl)ccc2F)cc1)NC(=O)c1cc(C(C)=O)n[nH]1. The number of hydrogen-bond acceptors (Lipinski definition) is 11. The van der Waals surface area contributed by atoms with Crippen molar-refractivity contribution < 1.29 is 57.6 Å². The molecule has 0 saturated carbocycles. The van der Waals surface area contributed by atoms with Gasteiger partial charge in [-0.1, -0.05) is 71.7 Å². The highest BCUT2D eigenvalue weighted by molar-refractivity contribution is 6.31. The fourth-order valence-corrected chi connectivity index (χ4v) is 7.12. The lowest BCUT2D eigenvalue weighted by atomic mass is 9.97. The second kappa shape index (κ2) is 24.1. The molecule has 7 N–H and O–H groups in total. The van der Waals surface area contributed by atoms with Crippen molar-refractivity contribution in [1.82, 2.24) is 31.0 Å². The molecule has 2 amide bonds. The zero-order chi connectivity index (χ0) is 49.7. The maximum absolute atomic E-state index is 14.2. The van der Waals surface area contributed by atoms with E-state index in [0.717, 1.165) is 11.1 Å². The Morgan fingerprint density at radius 2 is 1.03 bits per heavy atom. The maximum Gasteiger partial charge on any atom is 0.335 e. The molecule has 0 aliphatic heterocycles. The summed E-state index contributed by atoms with van der Waals surface area (Å²) in [6.07, 6.45) is -3.04. The number of esters is 1. The third-order valence-corrected chi connectivity index (χ3v) is 10.7. The molecule has 4 aromatic carbocycles. The van der Waals surface area contributed by atoms with Gasteiger partial charge >= 0.3 is 11.9 Å². The molecule has 6 aromatic rings. The molecule has 6 rings (SSSR count). The van der Waals surface area contributed by atoms with E-state index in [1.807, 2.05) is 0 Å². The van der Waals surface area contributed by atoms with Gasteiger partial charge in [-0.3, -0.25) is 29.4 Å². The van der Waals surface area contributed by atoms with Gasteiger partial charge in [0, 0.05) is 59.9 Å². The van der Waals surface area contributed by atoms with Gasteiger partial charge in [0.1, 0.15) is 34.4 Å². The third kappa shape index (κ3) is 14.7. The van der Waals surface area contributed by atoms with Gasteiger partial charge < -0.3 is 30.7 Å². The fourth-order valence-electron chi connectivity index (χ4n) is 6.77. The quantitative estimate of drug-likeness (QED) is 0.0321. The molecule has 0 bridgehead atoms. The van der Waals surface area contributed by atoms with E-state index >= 15 is 0 Å². The van der Waals surface area contributed by atoms with Gasteiger partial charge in [-0.25, -0.2) is 18.4 Å². The molecule has 20 heteroatoms. The highest BCUT2D eigenvalue weighted by Crippen LogP contribution is 2.28. The summed E-state index contributed by atoms with van der Waals surface area (Å²) >= 11 is 11.9. The van der Waals surface area contributed by atoms with E-state index in [0.29, 0.717) is 32.3 Å². The number of aliphatic carboxylic acids is 1. The maximum atomic E-state index is 14.2. The second-order valence-corrected chi connectivity index (χ2v) is 16.3. The molecule has 2 aromatic heterocycles. The summed E-state index contributed by atoms with van der Waals surface area (Å²) in [5.41, 5.74) is 3.69. The Balaban J connectivity index is 0.000000255. The molecule has 16 nitrogen and oxygen atoms in total. The number of ketones is 2.